The molecule has 0 aliphatic rings. The fraction of sp³-hybridized carbons (Fsp3) is 0.310. The highest BCUT2D eigenvalue weighted by molar-refractivity contribution is 5.93. The Labute approximate surface area is 323 Å². The summed E-state index contributed by atoms with van der Waals surface area (Å²) in [6.07, 6.45) is 3.21. The van der Waals surface area contributed by atoms with E-state index >= 15 is 0 Å². The number of carbonyl (C=O) groups excluding carboxylic acids is 3. The van der Waals surface area contributed by atoms with Gasteiger partial charge in [0.25, 0.3) is 0 Å². The summed E-state index contributed by atoms with van der Waals surface area (Å²) in [6.45, 7) is 1.30. The van der Waals surface area contributed by atoms with E-state index in [1.54, 1.807) is 0 Å². The molecule has 4 aromatic rings. The van der Waals surface area contributed by atoms with Gasteiger partial charge in [-0.2, -0.15) is 0 Å². The summed E-state index contributed by atoms with van der Waals surface area (Å²) in [7, 11) is 0. The standard InChI is InChI=1S/C42H54N10O3/c43-35(27-29-16-20-33(21-17-29)31-11-3-1-4-12-31)38(53)51-36(15-7-8-25-49-41(44)45)40(55)52-37(39(54)48-24-9-10-26-50-42(46)47)28-30-18-22-34(23-19-30)32-13-5-2-6-14-32/h1-6,11-14,16-23,35-37H,7-10,15,24-28,43H2,(H,48,54)(H,51,53)(H,52,55)(H4,44,45,49)(H4,46,47,50)/t35-,36-,37-/m0/s1. The molecule has 0 aliphatic heterocycles. The molecule has 4 aromatic carbocycles. The van der Waals surface area contributed by atoms with Crippen LogP contribution in [0.1, 0.15) is 43.2 Å². The van der Waals surface area contributed by atoms with Gasteiger partial charge in [-0.25, -0.2) is 0 Å². The first-order valence-electron chi connectivity index (χ1n) is 18.7. The van der Waals surface area contributed by atoms with Gasteiger partial charge in [-0.05, 0) is 71.9 Å². The zero-order valence-corrected chi connectivity index (χ0v) is 31.2. The Balaban J connectivity index is 1.45. The van der Waals surface area contributed by atoms with Crippen molar-refractivity contribution >= 4 is 29.6 Å². The van der Waals surface area contributed by atoms with E-state index in [4.69, 9.17) is 28.0 Å². The highest BCUT2D eigenvalue weighted by Gasteiger charge is 2.28. The summed E-state index contributed by atoms with van der Waals surface area (Å²) < 4.78 is 0. The van der Waals surface area contributed by atoms with Gasteiger partial charge >= 0.3 is 0 Å². The number of nitrogens with one attached hydrogen (secondary N) is 7. The van der Waals surface area contributed by atoms with Gasteiger partial charge < -0.3 is 43.8 Å². The van der Waals surface area contributed by atoms with Crippen LogP contribution in [0.15, 0.2) is 109 Å². The van der Waals surface area contributed by atoms with Crippen LogP contribution in [0, 0.1) is 10.8 Å². The van der Waals surface area contributed by atoms with Gasteiger partial charge in [0, 0.05) is 26.1 Å². The number of guanidine groups is 2. The van der Waals surface area contributed by atoms with E-state index in [0.29, 0.717) is 45.3 Å². The van der Waals surface area contributed by atoms with Crippen molar-refractivity contribution in [2.24, 2.45) is 17.2 Å². The van der Waals surface area contributed by atoms with E-state index in [1.807, 2.05) is 109 Å². The third-order valence-electron chi connectivity index (χ3n) is 9.07. The Morgan fingerprint density at radius 3 is 1.40 bits per heavy atom. The summed E-state index contributed by atoms with van der Waals surface area (Å²) in [4.78, 5) is 41.1. The Morgan fingerprint density at radius 1 is 0.491 bits per heavy atom. The van der Waals surface area contributed by atoms with Crippen LogP contribution in [-0.4, -0.2) is 67.4 Å². The zero-order chi connectivity index (χ0) is 39.4. The van der Waals surface area contributed by atoms with Crippen LogP contribution in [0.2, 0.25) is 0 Å². The molecule has 13 heteroatoms. The van der Waals surface area contributed by atoms with Crippen molar-refractivity contribution in [2.75, 3.05) is 19.6 Å². The summed E-state index contributed by atoms with van der Waals surface area (Å²) in [5.74, 6) is -1.59. The molecule has 0 heterocycles. The first-order valence-corrected chi connectivity index (χ1v) is 18.7. The van der Waals surface area contributed by atoms with Crippen molar-refractivity contribution in [3.63, 3.8) is 0 Å². The van der Waals surface area contributed by atoms with Crippen molar-refractivity contribution in [3.05, 3.63) is 120 Å². The largest absolute Gasteiger partial charge is 0.370 e. The fourth-order valence-corrected chi connectivity index (χ4v) is 6.04. The molecule has 0 bridgehead atoms. The molecule has 0 saturated carbocycles. The van der Waals surface area contributed by atoms with Crippen molar-refractivity contribution in [3.8, 4) is 22.3 Å². The molecular formula is C42H54N10O3. The average Bonchev–Trinajstić information content (AvgIpc) is 3.19. The van der Waals surface area contributed by atoms with E-state index in [2.05, 4.69) is 26.6 Å². The average molecular weight is 747 g/mol. The number of hydrogen-bond acceptors (Lipinski definition) is 6. The number of hydrogen-bond donors (Lipinski definition) is 10. The van der Waals surface area contributed by atoms with Crippen LogP contribution in [0.4, 0.5) is 0 Å². The van der Waals surface area contributed by atoms with Crippen molar-refractivity contribution < 1.29 is 14.4 Å². The molecule has 0 fully saturated rings. The SMILES string of the molecule is N=C(N)NCCCCNC(=O)[C@H](Cc1ccc(-c2ccccc2)cc1)NC(=O)[C@H](CCCCNC(=N)N)NC(=O)[C@@H](N)Cc1ccc(-c2ccccc2)cc1. The summed E-state index contributed by atoms with van der Waals surface area (Å²) in [5, 5.41) is 28.9. The molecular weight excluding hydrogens is 693 g/mol. The van der Waals surface area contributed by atoms with Crippen molar-refractivity contribution in [1.29, 1.82) is 10.8 Å². The lowest BCUT2D eigenvalue weighted by molar-refractivity contribution is -0.132. The molecule has 0 saturated heterocycles. The van der Waals surface area contributed by atoms with Crippen LogP contribution in [0.3, 0.4) is 0 Å². The van der Waals surface area contributed by atoms with Crippen molar-refractivity contribution in [2.45, 2.75) is 63.1 Å². The summed E-state index contributed by atoms with van der Waals surface area (Å²) >= 11 is 0. The van der Waals surface area contributed by atoms with Gasteiger partial charge in [-0.1, -0.05) is 109 Å². The lowest BCUT2D eigenvalue weighted by Crippen LogP contribution is -2.56. The van der Waals surface area contributed by atoms with Crippen LogP contribution >= 0.6 is 0 Å². The molecule has 290 valence electrons. The molecule has 0 spiro atoms. The van der Waals surface area contributed by atoms with Gasteiger partial charge in [-0.15, -0.1) is 0 Å². The number of nitrogens with two attached hydrogens (primary N) is 3. The summed E-state index contributed by atoms with van der Waals surface area (Å²) in [5.41, 5.74) is 23.1. The maximum Gasteiger partial charge on any atom is 0.243 e. The minimum atomic E-state index is -0.968. The third-order valence-corrected chi connectivity index (χ3v) is 9.07. The Bertz CT molecular complexity index is 1820. The summed E-state index contributed by atoms with van der Waals surface area (Å²) in [6, 6.07) is 32.8. The quantitative estimate of drug-likeness (QED) is 0.0345. The topological polar surface area (TPSA) is 237 Å². The lowest BCUT2D eigenvalue weighted by atomic mass is 9.99. The maximum atomic E-state index is 14.0. The van der Waals surface area contributed by atoms with Gasteiger partial charge in [0.1, 0.15) is 12.1 Å². The highest BCUT2D eigenvalue weighted by atomic mass is 16.2. The molecule has 13 N–H and O–H groups in total. The Kier molecular flexibility index (Phi) is 16.7. The monoisotopic (exact) mass is 746 g/mol. The second-order valence-corrected chi connectivity index (χ2v) is 13.4. The number of rotatable bonds is 21. The smallest absolute Gasteiger partial charge is 0.243 e. The van der Waals surface area contributed by atoms with Gasteiger partial charge in [0.2, 0.25) is 17.7 Å². The number of benzene rings is 4. The predicted octanol–water partition coefficient (Wildman–Crippen LogP) is 3.14. The van der Waals surface area contributed by atoms with Crippen molar-refractivity contribution in [1.82, 2.24) is 26.6 Å². The molecule has 3 atom stereocenters. The number of carbonyl (C=O) groups is 3. The minimum absolute atomic E-state index is 0.111. The Morgan fingerprint density at radius 2 is 0.909 bits per heavy atom. The molecule has 0 radical (unpaired) electrons. The minimum Gasteiger partial charge on any atom is -0.370 e. The molecule has 0 aromatic heterocycles. The van der Waals surface area contributed by atoms with E-state index in [9.17, 15) is 14.4 Å². The number of amides is 3. The Hall–Kier alpha value is -6.21. The second kappa shape index (κ2) is 22.1. The fourth-order valence-electron chi connectivity index (χ4n) is 6.04. The molecule has 13 nitrogen and oxygen atoms in total. The predicted molar refractivity (Wildman–Crippen MR) is 219 cm³/mol. The van der Waals surface area contributed by atoms with E-state index in [-0.39, 0.29) is 37.1 Å². The van der Waals surface area contributed by atoms with Crippen LogP contribution in [0.25, 0.3) is 22.3 Å². The van der Waals surface area contributed by atoms with Gasteiger partial charge in [0.05, 0.1) is 6.04 Å². The molecule has 0 aliphatic carbocycles. The van der Waals surface area contributed by atoms with Gasteiger partial charge in [-0.3, -0.25) is 25.2 Å². The lowest BCUT2D eigenvalue weighted by Gasteiger charge is -2.25. The van der Waals surface area contributed by atoms with E-state index in [1.165, 1.54) is 0 Å². The van der Waals surface area contributed by atoms with Crippen LogP contribution in [-0.2, 0) is 27.2 Å². The first-order chi connectivity index (χ1) is 26.6. The molecule has 0 unspecified atom stereocenters. The highest BCUT2D eigenvalue weighted by Crippen LogP contribution is 2.21. The third kappa shape index (κ3) is 14.6. The maximum absolute atomic E-state index is 14.0. The molecule has 4 rings (SSSR count). The van der Waals surface area contributed by atoms with E-state index < -0.39 is 29.9 Å². The first kappa shape index (κ1) is 41.5. The van der Waals surface area contributed by atoms with Crippen LogP contribution < -0.4 is 43.8 Å². The van der Waals surface area contributed by atoms with Gasteiger partial charge in [0.15, 0.2) is 11.9 Å². The molecule has 55 heavy (non-hydrogen) atoms. The van der Waals surface area contributed by atoms with Crippen LogP contribution in [0.5, 0.6) is 0 Å². The second-order valence-electron chi connectivity index (χ2n) is 13.4. The normalized spacial score (nSPS) is 12.4. The zero-order valence-electron chi connectivity index (χ0n) is 31.2. The number of unbranched alkanes of at least 4 members (excludes halogenated alkanes) is 2. The van der Waals surface area contributed by atoms with E-state index in [0.717, 1.165) is 33.4 Å². The molecule has 3 amide bonds.